The van der Waals surface area contributed by atoms with Gasteiger partial charge in [0.2, 0.25) is 11.8 Å². The monoisotopic (exact) mass is 797 g/mol. The highest BCUT2D eigenvalue weighted by atomic mass is 16.5. The molecule has 1 saturated heterocycles. The standard InChI is InChI=1S/C46H88N2O8/c1-3-5-7-9-11-13-15-17-18-19-20-22-24-26-31-35-41(51)48(37-33-29-25-23-21-16-14-12-10-8-6-4-2)46-43(45(55)44(54)39(38-49)56-46)47-40(50)34-30-27-28-32-36-42(52)53/h39,43-46,49,54-55H,3-38H2,1-2H3,(H,47,50)(H,52,53)/t39-,43+,44-,45-,46-/m1/s1. The molecule has 56 heavy (non-hydrogen) atoms. The van der Waals surface area contributed by atoms with Gasteiger partial charge in [0.15, 0.2) is 6.23 Å². The molecule has 1 rings (SSSR count). The molecule has 1 heterocycles. The predicted molar refractivity (Wildman–Crippen MR) is 227 cm³/mol. The average molecular weight is 797 g/mol. The minimum atomic E-state index is -1.42. The second kappa shape index (κ2) is 36.3. The van der Waals surface area contributed by atoms with E-state index in [1.165, 1.54) is 128 Å². The molecule has 0 spiro atoms. The molecule has 0 aromatic carbocycles. The molecule has 0 aromatic heterocycles. The van der Waals surface area contributed by atoms with Gasteiger partial charge in [-0.15, -0.1) is 0 Å². The van der Waals surface area contributed by atoms with Gasteiger partial charge in [-0.2, -0.15) is 0 Å². The van der Waals surface area contributed by atoms with Crippen LogP contribution in [0.1, 0.15) is 232 Å². The van der Waals surface area contributed by atoms with Crippen molar-refractivity contribution in [2.75, 3.05) is 13.2 Å². The molecular formula is C46H88N2O8. The SMILES string of the molecule is CCCCCCCCCCCCCCCCCC(=O)N(CCCCCCCCCCCCCC)[C@@H]1O[C@H](CO)[C@@H](O)[C@H](O)[C@@H]1NC(=O)CCCCCCC(=O)O. The van der Waals surface area contributed by atoms with E-state index in [9.17, 15) is 29.7 Å². The van der Waals surface area contributed by atoms with Crippen molar-refractivity contribution in [1.29, 1.82) is 0 Å². The number of carbonyl (C=O) groups excluding carboxylic acids is 2. The number of hydrogen-bond donors (Lipinski definition) is 5. The van der Waals surface area contributed by atoms with Crippen LogP contribution >= 0.6 is 0 Å². The van der Waals surface area contributed by atoms with E-state index < -0.39 is 43.2 Å². The maximum atomic E-state index is 13.9. The molecule has 1 aliphatic rings. The van der Waals surface area contributed by atoms with Crippen molar-refractivity contribution in [3.05, 3.63) is 0 Å². The molecular weight excluding hydrogens is 709 g/mol. The number of carboxylic acid groups (broad SMARTS) is 1. The molecule has 0 saturated carbocycles. The van der Waals surface area contributed by atoms with E-state index in [-0.39, 0.29) is 24.7 Å². The quantitative estimate of drug-likeness (QED) is 0.0385. The van der Waals surface area contributed by atoms with Crippen LogP contribution in [-0.4, -0.2) is 86.8 Å². The molecule has 2 amide bonds. The molecule has 0 unspecified atom stereocenters. The van der Waals surface area contributed by atoms with Crippen molar-refractivity contribution >= 4 is 17.8 Å². The summed E-state index contributed by atoms with van der Waals surface area (Å²) >= 11 is 0. The van der Waals surface area contributed by atoms with Crippen LogP contribution in [0.25, 0.3) is 0 Å². The third-order valence-corrected chi connectivity index (χ3v) is 11.6. The number of unbranched alkanes of at least 4 members (excludes halogenated alkanes) is 28. The number of nitrogens with one attached hydrogen (secondary N) is 1. The smallest absolute Gasteiger partial charge is 0.303 e. The minimum Gasteiger partial charge on any atom is -0.481 e. The van der Waals surface area contributed by atoms with Gasteiger partial charge in [0.1, 0.15) is 24.4 Å². The summed E-state index contributed by atoms with van der Waals surface area (Å²) in [4.78, 5) is 39.5. The molecule has 1 fully saturated rings. The van der Waals surface area contributed by atoms with Gasteiger partial charge in [0.05, 0.1) is 6.61 Å². The summed E-state index contributed by atoms with van der Waals surface area (Å²) in [7, 11) is 0. The molecule has 10 nitrogen and oxygen atoms in total. The lowest BCUT2D eigenvalue weighted by atomic mass is 9.94. The Hall–Kier alpha value is -1.75. The Morgan fingerprint density at radius 1 is 0.518 bits per heavy atom. The van der Waals surface area contributed by atoms with Crippen LogP contribution in [0.5, 0.6) is 0 Å². The second-order valence-corrected chi connectivity index (χ2v) is 16.8. The Bertz CT molecular complexity index is 952. The van der Waals surface area contributed by atoms with E-state index in [4.69, 9.17) is 9.84 Å². The zero-order valence-corrected chi connectivity index (χ0v) is 36.2. The first-order chi connectivity index (χ1) is 27.3. The molecule has 330 valence electrons. The highest BCUT2D eigenvalue weighted by Crippen LogP contribution is 2.26. The highest BCUT2D eigenvalue weighted by molar-refractivity contribution is 5.78. The van der Waals surface area contributed by atoms with Crippen LogP contribution in [0.15, 0.2) is 0 Å². The third kappa shape index (κ3) is 26.3. The fraction of sp³-hybridized carbons (Fsp3) is 0.935. The number of hydrogen-bond acceptors (Lipinski definition) is 7. The van der Waals surface area contributed by atoms with Crippen molar-refractivity contribution in [2.24, 2.45) is 0 Å². The third-order valence-electron chi connectivity index (χ3n) is 11.6. The number of aliphatic carboxylic acids is 1. The number of aliphatic hydroxyl groups is 3. The van der Waals surface area contributed by atoms with E-state index in [2.05, 4.69) is 19.2 Å². The van der Waals surface area contributed by atoms with Crippen LogP contribution in [0, 0.1) is 0 Å². The van der Waals surface area contributed by atoms with Gasteiger partial charge >= 0.3 is 5.97 Å². The summed E-state index contributed by atoms with van der Waals surface area (Å²) < 4.78 is 6.16. The first kappa shape index (κ1) is 52.3. The molecule has 0 aliphatic carbocycles. The number of rotatable bonds is 39. The molecule has 0 bridgehead atoms. The van der Waals surface area contributed by atoms with E-state index in [1.54, 1.807) is 4.90 Å². The van der Waals surface area contributed by atoms with Crippen LogP contribution in [0.3, 0.4) is 0 Å². The summed E-state index contributed by atoms with van der Waals surface area (Å²) in [5.74, 6) is -1.25. The van der Waals surface area contributed by atoms with Gasteiger partial charge < -0.3 is 35.4 Å². The number of aliphatic hydroxyl groups excluding tert-OH is 3. The molecule has 5 N–H and O–H groups in total. The van der Waals surface area contributed by atoms with Gasteiger partial charge in [-0.25, -0.2) is 0 Å². The Balaban J connectivity index is 2.70. The van der Waals surface area contributed by atoms with E-state index in [0.29, 0.717) is 38.6 Å². The fourth-order valence-corrected chi connectivity index (χ4v) is 8.00. The van der Waals surface area contributed by atoms with Crippen molar-refractivity contribution in [3.8, 4) is 0 Å². The summed E-state index contributed by atoms with van der Waals surface area (Å²) in [6, 6.07) is -1.05. The number of nitrogens with zero attached hydrogens (tertiary/aromatic N) is 1. The number of carbonyl (C=O) groups is 3. The molecule has 0 radical (unpaired) electrons. The van der Waals surface area contributed by atoms with E-state index >= 15 is 0 Å². The molecule has 5 atom stereocenters. The summed E-state index contributed by atoms with van der Waals surface area (Å²) in [5.41, 5.74) is 0. The predicted octanol–water partition coefficient (Wildman–Crippen LogP) is 10.1. The first-order valence-electron chi connectivity index (χ1n) is 23.7. The van der Waals surface area contributed by atoms with Gasteiger partial charge in [0, 0.05) is 25.8 Å². The zero-order chi connectivity index (χ0) is 41.1. The van der Waals surface area contributed by atoms with E-state index in [0.717, 1.165) is 44.9 Å². The fourth-order valence-electron chi connectivity index (χ4n) is 8.00. The van der Waals surface area contributed by atoms with Crippen LogP contribution in [0.2, 0.25) is 0 Å². The Kier molecular flexibility index (Phi) is 33.9. The van der Waals surface area contributed by atoms with Crippen molar-refractivity contribution in [2.45, 2.75) is 263 Å². The maximum absolute atomic E-state index is 13.9. The second-order valence-electron chi connectivity index (χ2n) is 16.8. The van der Waals surface area contributed by atoms with E-state index in [1.807, 2.05) is 0 Å². The Morgan fingerprint density at radius 2 is 0.893 bits per heavy atom. The Morgan fingerprint density at radius 3 is 1.30 bits per heavy atom. The number of amides is 2. The molecule has 10 heteroatoms. The maximum Gasteiger partial charge on any atom is 0.303 e. The number of ether oxygens (including phenoxy) is 1. The summed E-state index contributed by atoms with van der Waals surface area (Å²) in [5, 5.41) is 43.8. The van der Waals surface area contributed by atoms with Crippen LogP contribution in [0.4, 0.5) is 0 Å². The van der Waals surface area contributed by atoms with Crippen molar-refractivity contribution in [1.82, 2.24) is 10.2 Å². The lowest BCUT2D eigenvalue weighted by Gasteiger charge is -2.47. The van der Waals surface area contributed by atoms with Gasteiger partial charge in [0.25, 0.3) is 0 Å². The first-order valence-corrected chi connectivity index (χ1v) is 23.7. The average Bonchev–Trinajstić information content (AvgIpc) is 3.18. The normalized spacial score (nSPS) is 19.6. The Labute approximate surface area is 342 Å². The van der Waals surface area contributed by atoms with Gasteiger partial charge in [-0.1, -0.05) is 187 Å². The van der Waals surface area contributed by atoms with Crippen molar-refractivity contribution in [3.63, 3.8) is 0 Å². The largest absolute Gasteiger partial charge is 0.481 e. The van der Waals surface area contributed by atoms with Crippen LogP contribution < -0.4 is 5.32 Å². The lowest BCUT2D eigenvalue weighted by molar-refractivity contribution is -0.231. The topological polar surface area (TPSA) is 157 Å². The summed E-state index contributed by atoms with van der Waals surface area (Å²) in [6.07, 6.45) is 31.2. The lowest BCUT2D eigenvalue weighted by Crippen LogP contribution is -2.68. The van der Waals surface area contributed by atoms with Crippen LogP contribution in [-0.2, 0) is 19.1 Å². The molecule has 0 aromatic rings. The minimum absolute atomic E-state index is 0.0919. The van der Waals surface area contributed by atoms with Gasteiger partial charge in [-0.3, -0.25) is 14.4 Å². The van der Waals surface area contributed by atoms with Crippen molar-refractivity contribution < 1.29 is 39.5 Å². The highest BCUT2D eigenvalue weighted by Gasteiger charge is 2.48. The summed E-state index contributed by atoms with van der Waals surface area (Å²) in [6.45, 7) is 4.40. The van der Waals surface area contributed by atoms with Gasteiger partial charge in [-0.05, 0) is 25.7 Å². The number of carboxylic acids is 1. The molecule has 1 aliphatic heterocycles. The zero-order valence-electron chi connectivity index (χ0n) is 36.2.